The first-order valence-electron chi connectivity index (χ1n) is 9.33. The minimum absolute atomic E-state index is 0.123. The highest BCUT2D eigenvalue weighted by atomic mass is 32.2. The van der Waals surface area contributed by atoms with Crippen LogP contribution in [0.3, 0.4) is 0 Å². The second kappa shape index (κ2) is 9.50. The van der Waals surface area contributed by atoms with Gasteiger partial charge in [0.15, 0.2) is 0 Å². The maximum atomic E-state index is 12.6. The second-order valence-electron chi connectivity index (χ2n) is 6.37. The molecule has 1 aliphatic heterocycles. The standard InChI is InChI=1S/C21H25N3O3S/c1-3-27-20(25)16-8-10-17(11-9-16)22-21(26)24-14-12-23(13-15-24)18-6-4-5-7-19(18)28-2/h4-11H,3,12-15H2,1-2H3,(H,22,26). The smallest absolute Gasteiger partial charge is 0.338 e. The molecule has 1 heterocycles. The number of benzene rings is 2. The van der Waals surface area contributed by atoms with Crippen molar-refractivity contribution in [1.82, 2.24) is 4.90 Å². The fraction of sp³-hybridized carbons (Fsp3) is 0.333. The number of anilines is 2. The molecule has 7 heteroatoms. The maximum absolute atomic E-state index is 12.6. The fourth-order valence-electron chi connectivity index (χ4n) is 3.15. The van der Waals surface area contributed by atoms with Crippen LogP contribution in [0, 0.1) is 0 Å². The molecule has 28 heavy (non-hydrogen) atoms. The molecule has 1 N–H and O–H groups in total. The Bertz CT molecular complexity index is 818. The number of urea groups is 1. The molecule has 6 nitrogen and oxygen atoms in total. The third-order valence-electron chi connectivity index (χ3n) is 4.64. The average molecular weight is 400 g/mol. The van der Waals surface area contributed by atoms with E-state index in [0.29, 0.717) is 30.9 Å². The minimum atomic E-state index is -0.359. The van der Waals surface area contributed by atoms with Gasteiger partial charge in [-0.25, -0.2) is 9.59 Å². The molecule has 2 aromatic carbocycles. The molecule has 1 aliphatic rings. The normalized spacial score (nSPS) is 13.9. The van der Waals surface area contributed by atoms with Crippen LogP contribution in [-0.4, -0.2) is 55.9 Å². The Balaban J connectivity index is 1.54. The van der Waals surface area contributed by atoms with Crippen molar-refractivity contribution in [3.05, 3.63) is 54.1 Å². The van der Waals surface area contributed by atoms with Gasteiger partial charge >= 0.3 is 12.0 Å². The van der Waals surface area contributed by atoms with E-state index in [-0.39, 0.29) is 12.0 Å². The van der Waals surface area contributed by atoms with Gasteiger partial charge < -0.3 is 19.9 Å². The molecule has 0 radical (unpaired) electrons. The van der Waals surface area contributed by atoms with Crippen LogP contribution in [0.1, 0.15) is 17.3 Å². The molecule has 0 bridgehead atoms. The summed E-state index contributed by atoms with van der Waals surface area (Å²) < 4.78 is 4.97. The number of hydrogen-bond acceptors (Lipinski definition) is 5. The third-order valence-corrected chi connectivity index (χ3v) is 5.43. The average Bonchev–Trinajstić information content (AvgIpc) is 2.74. The molecule has 2 aromatic rings. The Morgan fingerprint density at radius 3 is 2.36 bits per heavy atom. The van der Waals surface area contributed by atoms with Crippen LogP contribution in [0.15, 0.2) is 53.4 Å². The van der Waals surface area contributed by atoms with E-state index < -0.39 is 0 Å². The van der Waals surface area contributed by atoms with Crippen LogP contribution in [0.25, 0.3) is 0 Å². The highest BCUT2D eigenvalue weighted by molar-refractivity contribution is 7.98. The minimum Gasteiger partial charge on any atom is -0.462 e. The molecule has 0 aromatic heterocycles. The molecule has 0 saturated carbocycles. The van der Waals surface area contributed by atoms with Crippen molar-refractivity contribution in [2.45, 2.75) is 11.8 Å². The summed E-state index contributed by atoms with van der Waals surface area (Å²) in [6.07, 6.45) is 2.08. The number of carbonyl (C=O) groups excluding carboxylic acids is 2. The molecule has 3 rings (SSSR count). The van der Waals surface area contributed by atoms with Gasteiger partial charge in [0.2, 0.25) is 0 Å². The lowest BCUT2D eigenvalue weighted by Crippen LogP contribution is -2.50. The first-order chi connectivity index (χ1) is 13.6. The van der Waals surface area contributed by atoms with Crippen molar-refractivity contribution in [1.29, 1.82) is 0 Å². The van der Waals surface area contributed by atoms with Gasteiger partial charge in [-0.1, -0.05) is 12.1 Å². The zero-order chi connectivity index (χ0) is 19.9. The Morgan fingerprint density at radius 1 is 1.04 bits per heavy atom. The number of para-hydroxylation sites is 1. The van der Waals surface area contributed by atoms with Crippen LogP contribution >= 0.6 is 11.8 Å². The van der Waals surface area contributed by atoms with Gasteiger partial charge in [-0.2, -0.15) is 0 Å². The number of piperazine rings is 1. The van der Waals surface area contributed by atoms with Gasteiger partial charge in [0.1, 0.15) is 0 Å². The maximum Gasteiger partial charge on any atom is 0.338 e. The molecule has 148 valence electrons. The van der Waals surface area contributed by atoms with Gasteiger partial charge in [0.05, 0.1) is 17.9 Å². The number of esters is 1. The van der Waals surface area contributed by atoms with Crippen LogP contribution in [0.2, 0.25) is 0 Å². The summed E-state index contributed by atoms with van der Waals surface area (Å²) in [5, 5.41) is 2.90. The number of hydrogen-bond donors (Lipinski definition) is 1. The lowest BCUT2D eigenvalue weighted by Gasteiger charge is -2.36. The van der Waals surface area contributed by atoms with Crippen LogP contribution < -0.4 is 10.2 Å². The monoisotopic (exact) mass is 399 g/mol. The summed E-state index contributed by atoms with van der Waals surface area (Å²) in [5.41, 5.74) is 2.36. The lowest BCUT2D eigenvalue weighted by molar-refractivity contribution is 0.0526. The molecule has 0 aliphatic carbocycles. The van der Waals surface area contributed by atoms with Crippen molar-refractivity contribution in [2.75, 3.05) is 49.3 Å². The molecule has 1 fully saturated rings. The van der Waals surface area contributed by atoms with E-state index in [0.717, 1.165) is 13.1 Å². The lowest BCUT2D eigenvalue weighted by atomic mass is 10.2. The Hall–Kier alpha value is -2.67. The van der Waals surface area contributed by atoms with Gasteiger partial charge in [-0.3, -0.25) is 0 Å². The van der Waals surface area contributed by atoms with Crippen molar-refractivity contribution in [3.8, 4) is 0 Å². The van der Waals surface area contributed by atoms with E-state index in [1.165, 1.54) is 10.6 Å². The number of rotatable bonds is 5. The Morgan fingerprint density at radius 2 is 1.71 bits per heavy atom. The van der Waals surface area contributed by atoms with Crippen LogP contribution in [0.4, 0.5) is 16.2 Å². The second-order valence-corrected chi connectivity index (χ2v) is 7.22. The van der Waals surface area contributed by atoms with Gasteiger partial charge in [-0.05, 0) is 49.6 Å². The fourth-order valence-corrected chi connectivity index (χ4v) is 3.77. The summed E-state index contributed by atoms with van der Waals surface area (Å²) >= 11 is 1.74. The summed E-state index contributed by atoms with van der Waals surface area (Å²) in [6.45, 7) is 5.03. The number of amides is 2. The number of nitrogens with one attached hydrogen (secondary N) is 1. The van der Waals surface area contributed by atoms with Crippen molar-refractivity contribution < 1.29 is 14.3 Å². The van der Waals surface area contributed by atoms with E-state index in [2.05, 4.69) is 28.6 Å². The molecule has 0 atom stereocenters. The summed E-state index contributed by atoms with van der Waals surface area (Å²) in [6, 6.07) is 15.0. The van der Waals surface area contributed by atoms with E-state index in [4.69, 9.17) is 4.74 Å². The van der Waals surface area contributed by atoms with Crippen LogP contribution in [0.5, 0.6) is 0 Å². The molecular weight excluding hydrogens is 374 g/mol. The predicted octanol–water partition coefficient (Wildman–Crippen LogP) is 3.94. The first-order valence-corrected chi connectivity index (χ1v) is 10.6. The van der Waals surface area contributed by atoms with Gasteiger partial charge in [-0.15, -0.1) is 11.8 Å². The summed E-state index contributed by atoms with van der Waals surface area (Å²) in [5.74, 6) is -0.359. The van der Waals surface area contributed by atoms with E-state index in [9.17, 15) is 9.59 Å². The van der Waals surface area contributed by atoms with E-state index >= 15 is 0 Å². The summed E-state index contributed by atoms with van der Waals surface area (Å²) in [4.78, 5) is 29.6. The molecule has 2 amide bonds. The molecule has 0 unspecified atom stereocenters. The molecule has 1 saturated heterocycles. The number of thioether (sulfide) groups is 1. The molecular formula is C21H25N3O3S. The predicted molar refractivity (Wildman–Crippen MR) is 113 cm³/mol. The van der Waals surface area contributed by atoms with Crippen molar-refractivity contribution in [2.24, 2.45) is 0 Å². The SMILES string of the molecule is CCOC(=O)c1ccc(NC(=O)N2CCN(c3ccccc3SC)CC2)cc1. The van der Waals surface area contributed by atoms with E-state index in [1.54, 1.807) is 43.0 Å². The Labute approximate surface area is 169 Å². The first kappa shape index (κ1) is 20.1. The number of carbonyl (C=O) groups is 2. The number of ether oxygens (including phenoxy) is 1. The van der Waals surface area contributed by atoms with Crippen molar-refractivity contribution in [3.63, 3.8) is 0 Å². The zero-order valence-electron chi connectivity index (χ0n) is 16.2. The quantitative estimate of drug-likeness (QED) is 0.610. The third kappa shape index (κ3) is 4.78. The summed E-state index contributed by atoms with van der Waals surface area (Å²) in [7, 11) is 0. The number of nitrogens with zero attached hydrogens (tertiary/aromatic N) is 2. The van der Waals surface area contributed by atoms with E-state index in [1.807, 2.05) is 17.0 Å². The van der Waals surface area contributed by atoms with Crippen LogP contribution in [-0.2, 0) is 4.74 Å². The highest BCUT2D eigenvalue weighted by Gasteiger charge is 2.22. The zero-order valence-corrected chi connectivity index (χ0v) is 17.0. The topological polar surface area (TPSA) is 61.9 Å². The highest BCUT2D eigenvalue weighted by Crippen LogP contribution is 2.29. The van der Waals surface area contributed by atoms with Gasteiger partial charge in [0.25, 0.3) is 0 Å². The molecule has 0 spiro atoms. The Kier molecular flexibility index (Phi) is 6.81. The van der Waals surface area contributed by atoms with Crippen molar-refractivity contribution >= 4 is 35.1 Å². The van der Waals surface area contributed by atoms with Gasteiger partial charge in [0, 0.05) is 36.8 Å². The largest absolute Gasteiger partial charge is 0.462 e.